The highest BCUT2D eigenvalue weighted by Crippen LogP contribution is 2.31. The quantitative estimate of drug-likeness (QED) is 0.286. The van der Waals surface area contributed by atoms with Gasteiger partial charge in [-0.05, 0) is 48.7 Å². The van der Waals surface area contributed by atoms with Crippen molar-refractivity contribution < 1.29 is 9.53 Å². The number of halogens is 1. The van der Waals surface area contributed by atoms with Crippen LogP contribution in [0.5, 0.6) is 0 Å². The first-order valence-electron chi connectivity index (χ1n) is 12.1. The summed E-state index contributed by atoms with van der Waals surface area (Å²) >= 11 is 7.67. The number of nitrogens with one attached hydrogen (secondary N) is 2. The van der Waals surface area contributed by atoms with E-state index >= 15 is 0 Å². The molecule has 1 atom stereocenters. The molecule has 2 N–H and O–H groups in total. The Balaban J connectivity index is 1.29. The van der Waals surface area contributed by atoms with Crippen LogP contribution in [0.1, 0.15) is 18.1 Å². The number of benzene rings is 3. The number of thioether (sulfide) groups is 1. The van der Waals surface area contributed by atoms with Crippen LogP contribution in [-0.2, 0) is 16.1 Å². The predicted octanol–water partition coefficient (Wildman–Crippen LogP) is 6.14. The Labute approximate surface area is 220 Å². The lowest BCUT2D eigenvalue weighted by Crippen LogP contribution is -2.35. The predicted molar refractivity (Wildman–Crippen MR) is 148 cm³/mol. The third-order valence-corrected chi connectivity index (χ3v) is 7.61. The number of ether oxygens (including phenoxy) is 1. The Kier molecular flexibility index (Phi) is 7.62. The molecule has 2 heterocycles. The number of aromatic nitrogens is 2. The minimum Gasteiger partial charge on any atom is -0.379 e. The maximum atomic E-state index is 12.8. The molecular formula is C28H29ClN4O2S. The number of fused-ring (bicyclic) bond motifs is 1. The number of nitrogens with zero attached hydrogens (tertiary/aromatic N) is 2. The molecular weight excluding hydrogens is 492 g/mol. The van der Waals surface area contributed by atoms with E-state index in [2.05, 4.69) is 45.5 Å². The van der Waals surface area contributed by atoms with Crippen molar-refractivity contribution >= 4 is 46.0 Å². The molecule has 0 bridgehead atoms. The van der Waals surface area contributed by atoms with Gasteiger partial charge in [-0.2, -0.15) is 0 Å². The van der Waals surface area contributed by atoms with Gasteiger partial charge < -0.3 is 15.0 Å². The highest BCUT2D eigenvalue weighted by atomic mass is 35.5. The van der Waals surface area contributed by atoms with E-state index in [1.165, 1.54) is 17.3 Å². The first-order chi connectivity index (χ1) is 17.5. The van der Waals surface area contributed by atoms with E-state index < -0.39 is 0 Å². The van der Waals surface area contributed by atoms with Crippen molar-refractivity contribution in [2.24, 2.45) is 0 Å². The average molecular weight is 521 g/mol. The Hall–Kier alpha value is -2.84. The van der Waals surface area contributed by atoms with Crippen molar-refractivity contribution in [2.45, 2.75) is 30.8 Å². The van der Waals surface area contributed by atoms with Crippen LogP contribution < -0.4 is 5.32 Å². The second-order valence-electron chi connectivity index (χ2n) is 9.06. The highest BCUT2D eigenvalue weighted by molar-refractivity contribution is 8.00. The number of aryl methyl sites for hydroxylation is 1. The van der Waals surface area contributed by atoms with E-state index in [1.807, 2.05) is 44.2 Å². The number of hydrogen-bond donors (Lipinski definition) is 2. The van der Waals surface area contributed by atoms with Crippen molar-refractivity contribution in [1.82, 2.24) is 14.9 Å². The van der Waals surface area contributed by atoms with E-state index in [4.69, 9.17) is 21.3 Å². The average Bonchev–Trinajstić information content (AvgIpc) is 3.29. The Morgan fingerprint density at radius 3 is 2.69 bits per heavy atom. The standard InChI is InChI=1S/C28H29ClN4O2S/c1-18-6-11-24(23(29)16-18)30-27(34)19(2)36-28-31-25-5-3-4-22(26(25)32-28)21-9-7-20(8-10-21)17-33-12-14-35-15-13-33/h3-11,16,19H,12-15,17H2,1-2H3,(H,30,34)(H,31,32). The van der Waals surface area contributed by atoms with Crippen LogP contribution in [0.2, 0.25) is 5.02 Å². The largest absolute Gasteiger partial charge is 0.379 e. The van der Waals surface area contributed by atoms with E-state index in [0.29, 0.717) is 15.9 Å². The summed E-state index contributed by atoms with van der Waals surface area (Å²) in [6.07, 6.45) is 0. The number of rotatable bonds is 7. The SMILES string of the molecule is Cc1ccc(NC(=O)C(C)Sc2nc3cccc(-c4ccc(CN5CCOCC5)cc4)c3[nH]2)c(Cl)c1. The molecule has 36 heavy (non-hydrogen) atoms. The normalized spacial score (nSPS) is 15.2. The van der Waals surface area contributed by atoms with E-state index in [9.17, 15) is 4.79 Å². The second kappa shape index (κ2) is 11.0. The van der Waals surface area contributed by atoms with Crippen molar-refractivity contribution in [1.29, 1.82) is 0 Å². The van der Waals surface area contributed by atoms with Gasteiger partial charge in [-0.1, -0.05) is 65.8 Å². The van der Waals surface area contributed by atoms with Gasteiger partial charge in [-0.15, -0.1) is 0 Å². The van der Waals surface area contributed by atoms with Crippen LogP contribution in [0, 0.1) is 6.92 Å². The minimum absolute atomic E-state index is 0.123. The molecule has 1 aliphatic heterocycles. The van der Waals surface area contributed by atoms with Crippen LogP contribution in [0.15, 0.2) is 65.8 Å². The van der Waals surface area contributed by atoms with Gasteiger partial charge >= 0.3 is 0 Å². The van der Waals surface area contributed by atoms with Gasteiger partial charge in [-0.3, -0.25) is 9.69 Å². The van der Waals surface area contributed by atoms with Crippen molar-refractivity contribution in [3.05, 3.63) is 76.8 Å². The lowest BCUT2D eigenvalue weighted by atomic mass is 10.0. The zero-order valence-electron chi connectivity index (χ0n) is 20.4. The molecule has 4 aromatic rings. The topological polar surface area (TPSA) is 70.2 Å². The summed E-state index contributed by atoms with van der Waals surface area (Å²) < 4.78 is 5.45. The van der Waals surface area contributed by atoms with Crippen LogP contribution in [0.3, 0.4) is 0 Å². The van der Waals surface area contributed by atoms with Gasteiger partial charge in [0.2, 0.25) is 5.91 Å². The minimum atomic E-state index is -0.356. The van der Waals surface area contributed by atoms with E-state index in [1.54, 1.807) is 0 Å². The van der Waals surface area contributed by atoms with Gasteiger partial charge in [0.1, 0.15) is 0 Å². The first kappa shape index (κ1) is 24.8. The molecule has 5 rings (SSSR count). The molecule has 0 saturated carbocycles. The summed E-state index contributed by atoms with van der Waals surface area (Å²) in [6, 6.07) is 20.4. The fourth-order valence-corrected chi connectivity index (χ4v) is 5.38. The molecule has 0 aliphatic carbocycles. The Bertz CT molecular complexity index is 1370. The molecule has 1 amide bonds. The van der Waals surface area contributed by atoms with Crippen molar-refractivity contribution in [2.75, 3.05) is 31.6 Å². The summed E-state index contributed by atoms with van der Waals surface area (Å²) in [7, 11) is 0. The molecule has 6 nitrogen and oxygen atoms in total. The molecule has 1 saturated heterocycles. The van der Waals surface area contributed by atoms with Crippen LogP contribution in [-0.4, -0.2) is 52.3 Å². The summed E-state index contributed by atoms with van der Waals surface area (Å²) in [6.45, 7) is 8.33. The number of hydrogen-bond acceptors (Lipinski definition) is 5. The molecule has 186 valence electrons. The smallest absolute Gasteiger partial charge is 0.237 e. The van der Waals surface area contributed by atoms with Gasteiger partial charge in [-0.25, -0.2) is 4.98 Å². The maximum Gasteiger partial charge on any atom is 0.237 e. The molecule has 3 aromatic carbocycles. The highest BCUT2D eigenvalue weighted by Gasteiger charge is 2.19. The lowest BCUT2D eigenvalue weighted by Gasteiger charge is -2.26. The number of imidazole rings is 1. The third kappa shape index (κ3) is 5.76. The molecule has 1 fully saturated rings. The number of carbonyl (C=O) groups is 1. The Morgan fingerprint density at radius 1 is 1.17 bits per heavy atom. The second-order valence-corrected chi connectivity index (χ2v) is 10.8. The molecule has 1 unspecified atom stereocenters. The lowest BCUT2D eigenvalue weighted by molar-refractivity contribution is -0.115. The van der Waals surface area contributed by atoms with Gasteiger partial charge in [0.15, 0.2) is 5.16 Å². The van der Waals surface area contributed by atoms with Crippen LogP contribution in [0.4, 0.5) is 5.69 Å². The number of carbonyl (C=O) groups excluding carboxylic acids is 1. The summed E-state index contributed by atoms with van der Waals surface area (Å²) in [5, 5.41) is 3.80. The van der Waals surface area contributed by atoms with E-state index in [0.717, 1.165) is 60.6 Å². The number of amides is 1. The number of morpholine rings is 1. The molecule has 0 spiro atoms. The van der Waals surface area contributed by atoms with E-state index in [-0.39, 0.29) is 11.2 Å². The van der Waals surface area contributed by atoms with Gasteiger partial charge in [0, 0.05) is 25.2 Å². The fourth-order valence-electron chi connectivity index (χ4n) is 4.29. The number of aromatic amines is 1. The van der Waals surface area contributed by atoms with Crippen molar-refractivity contribution in [3.63, 3.8) is 0 Å². The number of para-hydroxylation sites is 1. The summed E-state index contributed by atoms with van der Waals surface area (Å²) in [4.78, 5) is 23.4. The first-order valence-corrected chi connectivity index (χ1v) is 13.3. The number of anilines is 1. The van der Waals surface area contributed by atoms with Gasteiger partial charge in [0.25, 0.3) is 0 Å². The zero-order chi connectivity index (χ0) is 25.1. The molecule has 0 radical (unpaired) electrons. The van der Waals surface area contributed by atoms with Gasteiger partial charge in [0.05, 0.1) is 40.2 Å². The Morgan fingerprint density at radius 2 is 1.94 bits per heavy atom. The molecule has 1 aliphatic rings. The van der Waals surface area contributed by atoms with Crippen LogP contribution >= 0.6 is 23.4 Å². The number of H-pyrrole nitrogens is 1. The summed E-state index contributed by atoms with van der Waals surface area (Å²) in [5.74, 6) is -0.123. The summed E-state index contributed by atoms with van der Waals surface area (Å²) in [5.41, 5.74) is 7.02. The molecule has 1 aromatic heterocycles. The monoisotopic (exact) mass is 520 g/mol. The fraction of sp³-hybridized carbons (Fsp3) is 0.286. The zero-order valence-corrected chi connectivity index (χ0v) is 22.0. The third-order valence-electron chi connectivity index (χ3n) is 6.31. The molecule has 8 heteroatoms. The maximum absolute atomic E-state index is 12.8. The van der Waals surface area contributed by atoms with Crippen molar-refractivity contribution in [3.8, 4) is 11.1 Å². The van der Waals surface area contributed by atoms with Crippen LogP contribution in [0.25, 0.3) is 22.2 Å².